The predicted molar refractivity (Wildman–Crippen MR) is 140 cm³/mol. The monoisotopic (exact) mass is 492 g/mol. The lowest BCUT2D eigenvalue weighted by atomic mass is 9.87. The molecule has 2 aromatic carbocycles. The number of benzene rings is 2. The van der Waals surface area contributed by atoms with E-state index in [0.29, 0.717) is 23.7 Å². The van der Waals surface area contributed by atoms with Crippen LogP contribution in [-0.4, -0.2) is 39.7 Å². The molecule has 0 saturated carbocycles. The van der Waals surface area contributed by atoms with E-state index < -0.39 is 5.97 Å². The summed E-state index contributed by atoms with van der Waals surface area (Å²) < 4.78 is 5.55. The molecule has 0 fully saturated rings. The van der Waals surface area contributed by atoms with Crippen LogP contribution < -0.4 is 10.6 Å². The number of carboxylic acids is 1. The van der Waals surface area contributed by atoms with Crippen molar-refractivity contribution in [2.75, 3.05) is 11.9 Å². The van der Waals surface area contributed by atoms with Gasteiger partial charge in [-0.2, -0.15) is 4.98 Å². The maximum absolute atomic E-state index is 12.2. The third-order valence-corrected chi connectivity index (χ3v) is 5.94. The van der Waals surface area contributed by atoms with Crippen LogP contribution in [0.4, 0.5) is 5.69 Å². The van der Waals surface area contributed by atoms with Gasteiger partial charge in [0.2, 0.25) is 0 Å². The molecule has 3 N–H and O–H groups in total. The molecule has 1 atom stereocenters. The fourth-order valence-corrected chi connectivity index (χ4v) is 3.80. The number of rotatable bonds is 12. The minimum Gasteiger partial charge on any atom is -0.481 e. The summed E-state index contributed by atoms with van der Waals surface area (Å²) in [5.74, 6) is -0.0776. The van der Waals surface area contributed by atoms with Gasteiger partial charge in [0.25, 0.3) is 11.8 Å². The third kappa shape index (κ3) is 7.93. The Bertz CT molecular complexity index is 1130. The van der Waals surface area contributed by atoms with Crippen LogP contribution >= 0.6 is 0 Å². The topological polar surface area (TPSA) is 117 Å². The van der Waals surface area contributed by atoms with Gasteiger partial charge in [-0.05, 0) is 53.8 Å². The van der Waals surface area contributed by atoms with Crippen LogP contribution in [0.25, 0.3) is 11.5 Å². The molecule has 1 unspecified atom stereocenters. The summed E-state index contributed by atoms with van der Waals surface area (Å²) in [6.45, 7) is 8.80. The Morgan fingerprint density at radius 1 is 1.06 bits per heavy atom. The van der Waals surface area contributed by atoms with Gasteiger partial charge in [-0.1, -0.05) is 57.8 Å². The third-order valence-electron chi connectivity index (χ3n) is 5.94. The molecule has 0 radical (unpaired) electrons. The van der Waals surface area contributed by atoms with E-state index in [0.717, 1.165) is 30.5 Å². The molecule has 1 aromatic heterocycles. The quantitative estimate of drug-likeness (QED) is 0.308. The van der Waals surface area contributed by atoms with E-state index in [9.17, 15) is 9.59 Å². The first-order valence-corrected chi connectivity index (χ1v) is 12.5. The van der Waals surface area contributed by atoms with Gasteiger partial charge in [-0.3, -0.25) is 9.59 Å². The molecule has 8 heteroatoms. The van der Waals surface area contributed by atoms with Crippen molar-refractivity contribution < 1.29 is 19.2 Å². The van der Waals surface area contributed by atoms with E-state index >= 15 is 0 Å². The molecule has 0 aliphatic carbocycles. The van der Waals surface area contributed by atoms with Crippen molar-refractivity contribution in [1.82, 2.24) is 15.5 Å². The highest BCUT2D eigenvalue weighted by Crippen LogP contribution is 2.26. The van der Waals surface area contributed by atoms with Crippen molar-refractivity contribution in [1.29, 1.82) is 0 Å². The summed E-state index contributed by atoms with van der Waals surface area (Å²) in [7, 11) is 0. The highest BCUT2D eigenvalue weighted by atomic mass is 16.5. The number of carbonyl (C=O) groups is 2. The van der Waals surface area contributed by atoms with Crippen LogP contribution in [-0.2, 0) is 16.6 Å². The van der Waals surface area contributed by atoms with Crippen LogP contribution in [0.15, 0.2) is 53.1 Å². The largest absolute Gasteiger partial charge is 0.481 e. The number of unbranched alkanes of at least 4 members (excludes halogenated alkanes) is 1. The van der Waals surface area contributed by atoms with Crippen LogP contribution in [0.1, 0.15) is 75.1 Å². The predicted octanol–water partition coefficient (Wildman–Crippen LogP) is 5.45. The lowest BCUT2D eigenvalue weighted by Crippen LogP contribution is -2.26. The normalized spacial score (nSPS) is 12.2. The number of hydrogen-bond acceptors (Lipinski definition) is 6. The Morgan fingerprint density at radius 3 is 2.36 bits per heavy atom. The molecule has 0 aliphatic rings. The second-order valence-corrected chi connectivity index (χ2v) is 10.0. The first-order valence-electron chi connectivity index (χ1n) is 12.5. The van der Waals surface area contributed by atoms with E-state index in [1.165, 1.54) is 5.56 Å². The van der Waals surface area contributed by atoms with Crippen molar-refractivity contribution >= 4 is 17.6 Å². The molecule has 0 aliphatic heterocycles. The molecule has 3 aromatic rings. The number of carbonyl (C=O) groups excluding carboxylic acids is 1. The molecule has 0 saturated heterocycles. The molecule has 0 spiro atoms. The summed E-state index contributed by atoms with van der Waals surface area (Å²) >= 11 is 0. The van der Waals surface area contributed by atoms with Crippen molar-refractivity contribution in [3.8, 4) is 11.5 Å². The maximum Gasteiger partial charge on any atom is 0.305 e. The first kappa shape index (κ1) is 26.9. The van der Waals surface area contributed by atoms with Gasteiger partial charge in [0.05, 0.1) is 6.42 Å². The average Bonchev–Trinajstić information content (AvgIpc) is 3.30. The highest BCUT2D eigenvalue weighted by Gasteiger charge is 2.17. The standard InChI is InChI=1S/C28H36N4O4/c1-5-6-7-23(30-22-14-10-19(11-15-22)26(35)29-17-16-25(33)34)18-24-31-27(36-32-24)20-8-12-21(13-9-20)28(2,3)4/h8-15,23,30H,5-7,16-18H2,1-4H3,(H,29,35)(H,33,34). The summed E-state index contributed by atoms with van der Waals surface area (Å²) in [6, 6.07) is 15.5. The van der Waals surface area contributed by atoms with Crippen molar-refractivity contribution in [3.63, 3.8) is 0 Å². The Morgan fingerprint density at radius 2 is 1.75 bits per heavy atom. The Labute approximate surface area is 212 Å². The molecular weight excluding hydrogens is 456 g/mol. The SMILES string of the molecule is CCCCC(Cc1noc(-c2ccc(C(C)(C)C)cc2)n1)Nc1ccc(C(=O)NCCC(=O)O)cc1. The van der Waals surface area contributed by atoms with E-state index in [-0.39, 0.29) is 30.3 Å². The Balaban J connectivity index is 1.63. The fourth-order valence-electron chi connectivity index (χ4n) is 3.80. The van der Waals surface area contributed by atoms with E-state index in [1.54, 1.807) is 12.1 Å². The molecular formula is C28H36N4O4. The van der Waals surface area contributed by atoms with Crippen LogP contribution in [0.3, 0.4) is 0 Å². The fraction of sp³-hybridized carbons (Fsp3) is 0.429. The summed E-state index contributed by atoms with van der Waals surface area (Å²) in [6.07, 6.45) is 3.58. The average molecular weight is 493 g/mol. The van der Waals surface area contributed by atoms with Gasteiger partial charge in [0, 0.05) is 35.8 Å². The maximum atomic E-state index is 12.2. The number of nitrogens with zero attached hydrogens (tertiary/aromatic N) is 2. The number of anilines is 1. The second-order valence-electron chi connectivity index (χ2n) is 10.0. The molecule has 1 amide bonds. The van der Waals surface area contributed by atoms with Gasteiger partial charge in [0.1, 0.15) is 0 Å². The van der Waals surface area contributed by atoms with Crippen molar-refractivity contribution in [2.45, 2.75) is 71.3 Å². The number of carboxylic acid groups (broad SMARTS) is 1. The minimum absolute atomic E-state index is 0.0824. The number of hydrogen-bond donors (Lipinski definition) is 3. The van der Waals surface area contributed by atoms with Crippen molar-refractivity contribution in [3.05, 3.63) is 65.5 Å². The van der Waals surface area contributed by atoms with Gasteiger partial charge < -0.3 is 20.3 Å². The van der Waals surface area contributed by atoms with E-state index in [1.807, 2.05) is 24.3 Å². The first-order chi connectivity index (χ1) is 17.2. The number of amides is 1. The van der Waals surface area contributed by atoms with E-state index in [4.69, 9.17) is 9.63 Å². The van der Waals surface area contributed by atoms with Crippen LogP contribution in [0.2, 0.25) is 0 Å². The lowest BCUT2D eigenvalue weighted by Gasteiger charge is -2.19. The molecule has 8 nitrogen and oxygen atoms in total. The molecule has 0 bridgehead atoms. The summed E-state index contributed by atoms with van der Waals surface area (Å²) in [4.78, 5) is 27.4. The summed E-state index contributed by atoms with van der Waals surface area (Å²) in [5, 5.41) is 19.1. The number of aromatic nitrogens is 2. The summed E-state index contributed by atoms with van der Waals surface area (Å²) in [5.41, 5.74) is 3.60. The van der Waals surface area contributed by atoms with Gasteiger partial charge in [-0.15, -0.1) is 0 Å². The zero-order valence-electron chi connectivity index (χ0n) is 21.5. The smallest absolute Gasteiger partial charge is 0.305 e. The molecule has 1 heterocycles. The Hall–Kier alpha value is -3.68. The number of nitrogens with one attached hydrogen (secondary N) is 2. The van der Waals surface area contributed by atoms with Gasteiger partial charge in [-0.25, -0.2) is 0 Å². The lowest BCUT2D eigenvalue weighted by molar-refractivity contribution is -0.136. The van der Waals surface area contributed by atoms with Gasteiger partial charge in [0.15, 0.2) is 5.82 Å². The minimum atomic E-state index is -0.944. The number of aliphatic carboxylic acids is 1. The molecule has 3 rings (SSSR count). The van der Waals surface area contributed by atoms with E-state index in [2.05, 4.69) is 60.6 Å². The van der Waals surface area contributed by atoms with Crippen LogP contribution in [0, 0.1) is 0 Å². The second kappa shape index (κ2) is 12.3. The van der Waals surface area contributed by atoms with Gasteiger partial charge >= 0.3 is 5.97 Å². The molecule has 192 valence electrons. The highest BCUT2D eigenvalue weighted by molar-refractivity contribution is 5.94. The zero-order valence-corrected chi connectivity index (χ0v) is 21.5. The Kier molecular flexibility index (Phi) is 9.22. The zero-order chi connectivity index (χ0) is 26.1. The van der Waals surface area contributed by atoms with Crippen LogP contribution in [0.5, 0.6) is 0 Å². The molecule has 36 heavy (non-hydrogen) atoms. The van der Waals surface area contributed by atoms with Crippen molar-refractivity contribution in [2.24, 2.45) is 0 Å².